The van der Waals surface area contributed by atoms with Crippen molar-refractivity contribution >= 4 is 14.4 Å². The Morgan fingerprint density at radius 1 is 0.759 bits per heavy atom. The van der Waals surface area contributed by atoms with Crippen molar-refractivity contribution < 1.29 is 14.0 Å². The van der Waals surface area contributed by atoms with Gasteiger partial charge in [-0.3, -0.25) is 0 Å². The van der Waals surface area contributed by atoms with Gasteiger partial charge in [0.1, 0.15) is 0 Å². The summed E-state index contributed by atoms with van der Waals surface area (Å²) in [6, 6.07) is 0.213. The number of hydrogen-bond donors (Lipinski definition) is 0. The number of amides is 1. The third-order valence-electron chi connectivity index (χ3n) is 6.10. The molecule has 1 amide bonds. The zero-order valence-corrected chi connectivity index (χ0v) is 22.4. The highest BCUT2D eigenvalue weighted by atomic mass is 28.4. The zero-order chi connectivity index (χ0) is 23.1. The van der Waals surface area contributed by atoms with Crippen LogP contribution in [0.3, 0.4) is 0 Å². The van der Waals surface area contributed by atoms with Gasteiger partial charge >= 0.3 is 6.09 Å². The van der Waals surface area contributed by atoms with E-state index in [9.17, 15) is 4.79 Å². The normalized spacial score (nSPS) is 15.4. The van der Waals surface area contributed by atoms with Crippen molar-refractivity contribution in [2.45, 2.75) is 125 Å². The van der Waals surface area contributed by atoms with Gasteiger partial charge in [0.15, 0.2) is 0 Å². The van der Waals surface area contributed by atoms with Gasteiger partial charge in [0.25, 0.3) is 0 Å². The summed E-state index contributed by atoms with van der Waals surface area (Å²) >= 11 is 0. The van der Waals surface area contributed by atoms with Gasteiger partial charge < -0.3 is 14.1 Å². The first-order chi connectivity index (χ1) is 13.2. The Hall–Kier alpha value is -0.813. The summed E-state index contributed by atoms with van der Waals surface area (Å²) in [7, 11) is -1.97. The summed E-state index contributed by atoms with van der Waals surface area (Å²) in [6.45, 7) is 28.5. The molecule has 0 heterocycles. The number of rotatable bonds is 11. The number of hydrogen-bond acceptors (Lipinski definition) is 3. The summed E-state index contributed by atoms with van der Waals surface area (Å²) in [4.78, 5) is 14.2. The fourth-order valence-electron chi connectivity index (χ4n) is 4.90. The van der Waals surface area contributed by atoms with Crippen LogP contribution in [0.2, 0.25) is 16.6 Å². The van der Waals surface area contributed by atoms with E-state index in [0.29, 0.717) is 22.5 Å². The smallest absolute Gasteiger partial charge is 0.415 e. The minimum absolute atomic E-state index is 0.106. The molecule has 0 unspecified atom stereocenters. The Labute approximate surface area is 182 Å². The monoisotopic (exact) mass is 427 g/mol. The second-order valence-corrected chi connectivity index (χ2v) is 15.7. The van der Waals surface area contributed by atoms with Crippen LogP contribution in [-0.2, 0) is 9.16 Å². The van der Waals surface area contributed by atoms with Gasteiger partial charge in [-0.2, -0.15) is 0 Å². The van der Waals surface area contributed by atoms with E-state index in [1.54, 1.807) is 11.2 Å². The molecule has 0 aliphatic heterocycles. The largest absolute Gasteiger partial charge is 0.418 e. The molecule has 0 saturated heterocycles. The number of carbonyl (C=O) groups is 1. The SMILES string of the molecule is CC(C)[C@@H](O[Si](C(C)C)(C(C)C)C(C)C)[C@@H](C)/C=C\OC(=O)N(C(C)C)C(C)C. The van der Waals surface area contributed by atoms with Crippen molar-refractivity contribution in [2.75, 3.05) is 0 Å². The van der Waals surface area contributed by atoms with E-state index < -0.39 is 8.32 Å². The number of ether oxygens (including phenoxy) is 1. The Bertz CT molecular complexity index is 482. The Morgan fingerprint density at radius 3 is 1.48 bits per heavy atom. The predicted molar refractivity (Wildman–Crippen MR) is 128 cm³/mol. The van der Waals surface area contributed by atoms with Gasteiger partial charge in [-0.05, 0) is 56.3 Å². The molecule has 0 aromatic carbocycles. The lowest BCUT2D eigenvalue weighted by molar-refractivity contribution is 0.0917. The summed E-state index contributed by atoms with van der Waals surface area (Å²) in [5.41, 5.74) is 1.63. The first-order valence-electron chi connectivity index (χ1n) is 11.5. The van der Waals surface area contributed by atoms with Crippen molar-refractivity contribution in [3.63, 3.8) is 0 Å². The van der Waals surface area contributed by atoms with Gasteiger partial charge in [-0.15, -0.1) is 0 Å². The number of carbonyl (C=O) groups excluding carboxylic acids is 1. The molecule has 0 spiro atoms. The molecule has 0 fully saturated rings. The summed E-state index contributed by atoms with van der Waals surface area (Å²) in [5.74, 6) is 0.550. The Balaban J connectivity index is 5.45. The molecular weight excluding hydrogens is 378 g/mol. The van der Waals surface area contributed by atoms with Crippen LogP contribution < -0.4 is 0 Å². The molecule has 0 aromatic heterocycles. The average molecular weight is 428 g/mol. The van der Waals surface area contributed by atoms with Gasteiger partial charge in [-0.25, -0.2) is 4.79 Å². The van der Waals surface area contributed by atoms with E-state index >= 15 is 0 Å². The molecule has 29 heavy (non-hydrogen) atoms. The highest BCUT2D eigenvalue weighted by Gasteiger charge is 2.47. The molecule has 0 bridgehead atoms. The van der Waals surface area contributed by atoms with Crippen LogP contribution in [0, 0.1) is 11.8 Å². The lowest BCUT2D eigenvalue weighted by atomic mass is 9.95. The van der Waals surface area contributed by atoms with E-state index in [4.69, 9.17) is 9.16 Å². The highest BCUT2D eigenvalue weighted by Crippen LogP contribution is 2.44. The summed E-state index contributed by atoms with van der Waals surface area (Å²) in [5, 5.41) is 0. The second-order valence-electron chi connectivity index (χ2n) is 10.3. The quantitative estimate of drug-likeness (QED) is 0.251. The van der Waals surface area contributed by atoms with Crippen molar-refractivity contribution in [1.82, 2.24) is 4.90 Å². The summed E-state index contributed by atoms with van der Waals surface area (Å²) in [6.07, 6.45) is 3.36. The molecule has 0 saturated carbocycles. The van der Waals surface area contributed by atoms with E-state index in [0.717, 1.165) is 0 Å². The molecule has 5 heteroatoms. The standard InChI is InChI=1S/C24H49NO3Si/c1-16(2)23(28-29(19(7)8,20(9)10)21(11)12)22(13)14-15-27-24(26)25(17(3)4)18(5)6/h14-23H,1-13H3/b15-14-/t22-,23+/m0/s1. The highest BCUT2D eigenvalue weighted by molar-refractivity contribution is 6.77. The topological polar surface area (TPSA) is 38.8 Å². The van der Waals surface area contributed by atoms with Crippen molar-refractivity contribution in [2.24, 2.45) is 11.8 Å². The van der Waals surface area contributed by atoms with Gasteiger partial charge in [-0.1, -0.05) is 62.3 Å². The second kappa shape index (κ2) is 12.1. The molecule has 0 aromatic rings. The molecule has 0 aliphatic carbocycles. The molecule has 0 radical (unpaired) electrons. The maximum Gasteiger partial charge on any atom is 0.415 e. The molecule has 0 rings (SSSR count). The van der Waals surface area contributed by atoms with Crippen molar-refractivity contribution in [3.8, 4) is 0 Å². The number of nitrogens with zero attached hydrogens (tertiary/aromatic N) is 1. The third kappa shape index (κ3) is 7.43. The van der Waals surface area contributed by atoms with Crippen LogP contribution in [0.15, 0.2) is 12.3 Å². The van der Waals surface area contributed by atoms with Gasteiger partial charge in [0.2, 0.25) is 8.32 Å². The molecule has 4 nitrogen and oxygen atoms in total. The Kier molecular flexibility index (Phi) is 11.8. The lowest BCUT2D eigenvalue weighted by Gasteiger charge is -2.46. The third-order valence-corrected chi connectivity index (χ3v) is 12.2. The summed E-state index contributed by atoms with van der Waals surface area (Å²) < 4.78 is 12.5. The van der Waals surface area contributed by atoms with Gasteiger partial charge in [0.05, 0.1) is 12.4 Å². The van der Waals surface area contributed by atoms with Crippen LogP contribution in [-0.4, -0.2) is 37.5 Å². The molecular formula is C24H49NO3Si. The maximum atomic E-state index is 12.4. The minimum atomic E-state index is -1.97. The Morgan fingerprint density at radius 2 is 1.17 bits per heavy atom. The van der Waals surface area contributed by atoms with Crippen LogP contribution in [0.25, 0.3) is 0 Å². The van der Waals surface area contributed by atoms with E-state index in [1.807, 2.05) is 33.8 Å². The average Bonchev–Trinajstić information content (AvgIpc) is 2.53. The van der Waals surface area contributed by atoms with Crippen molar-refractivity contribution in [3.05, 3.63) is 12.3 Å². The van der Waals surface area contributed by atoms with Crippen LogP contribution in [0.4, 0.5) is 4.79 Å². The maximum absolute atomic E-state index is 12.4. The van der Waals surface area contributed by atoms with E-state index in [-0.39, 0.29) is 30.2 Å². The fourth-order valence-corrected chi connectivity index (χ4v) is 10.7. The fraction of sp³-hybridized carbons (Fsp3) is 0.875. The predicted octanol–water partition coefficient (Wildman–Crippen LogP) is 7.61. The zero-order valence-electron chi connectivity index (χ0n) is 21.4. The van der Waals surface area contributed by atoms with Crippen LogP contribution >= 0.6 is 0 Å². The molecule has 0 N–H and O–H groups in total. The first-order valence-corrected chi connectivity index (χ1v) is 13.7. The molecule has 172 valence electrons. The van der Waals surface area contributed by atoms with E-state index in [1.165, 1.54) is 0 Å². The first kappa shape index (κ1) is 28.2. The van der Waals surface area contributed by atoms with Crippen LogP contribution in [0.1, 0.15) is 90.0 Å². The lowest BCUT2D eigenvalue weighted by Crippen LogP contribution is -2.52. The molecule has 2 atom stereocenters. The van der Waals surface area contributed by atoms with E-state index in [2.05, 4.69) is 62.3 Å². The molecule has 0 aliphatic rings. The van der Waals surface area contributed by atoms with Crippen LogP contribution in [0.5, 0.6) is 0 Å². The van der Waals surface area contributed by atoms with Crippen molar-refractivity contribution in [1.29, 1.82) is 0 Å². The van der Waals surface area contributed by atoms with Gasteiger partial charge in [0, 0.05) is 18.0 Å². The minimum Gasteiger partial charge on any atom is -0.418 e.